The quantitative estimate of drug-likeness (QED) is 0.610. The molecule has 0 bridgehead atoms. The van der Waals surface area contributed by atoms with Crippen molar-refractivity contribution in [3.63, 3.8) is 0 Å². The van der Waals surface area contributed by atoms with Gasteiger partial charge in [0, 0.05) is 2.74 Å². The van der Waals surface area contributed by atoms with Gasteiger partial charge in [0.2, 0.25) is 0 Å². The molecular formula is C7H14O3S. The third kappa shape index (κ3) is 3.72. The summed E-state index contributed by atoms with van der Waals surface area (Å²) in [6, 6.07) is 0. The van der Waals surface area contributed by atoms with Gasteiger partial charge in [-0.2, -0.15) is 8.42 Å². The zero-order chi connectivity index (χ0) is 10.3. The molecule has 0 aliphatic heterocycles. The fourth-order valence-corrected chi connectivity index (χ4v) is 0.948. The minimum atomic E-state index is -3.53. The maximum Gasteiger partial charge on any atom is 0.264 e. The molecule has 1 aliphatic carbocycles. The lowest BCUT2D eigenvalue weighted by atomic mass is 10.1. The van der Waals surface area contributed by atoms with Crippen LogP contribution < -0.4 is 0 Å². The van der Waals surface area contributed by atoms with E-state index in [9.17, 15) is 8.42 Å². The molecule has 0 amide bonds. The van der Waals surface area contributed by atoms with Crippen molar-refractivity contribution < 1.29 is 15.3 Å². The fourth-order valence-electron chi connectivity index (χ4n) is 0.675. The molecule has 0 aromatic rings. The molecule has 0 aromatic carbocycles. The molecule has 11 heavy (non-hydrogen) atoms. The standard InChI is InChI=1S/C7H14O3S/c1-7(3-4-7)5-6-10-11(2,8)9/h3-6H2,1-2H3/i5D2. The van der Waals surface area contributed by atoms with Crippen molar-refractivity contribution >= 4 is 10.1 Å². The first-order valence-corrected chi connectivity index (χ1v) is 5.32. The zero-order valence-electron chi connectivity index (χ0n) is 8.75. The highest BCUT2D eigenvalue weighted by molar-refractivity contribution is 7.85. The van der Waals surface area contributed by atoms with Gasteiger partial charge in [-0.3, -0.25) is 4.18 Å². The van der Waals surface area contributed by atoms with Crippen molar-refractivity contribution in [3.05, 3.63) is 0 Å². The third-order valence-electron chi connectivity index (χ3n) is 1.77. The van der Waals surface area contributed by atoms with E-state index in [1.165, 1.54) is 0 Å². The summed E-state index contributed by atoms with van der Waals surface area (Å²) in [5.74, 6) is 0. The summed E-state index contributed by atoms with van der Waals surface area (Å²) in [4.78, 5) is 0. The summed E-state index contributed by atoms with van der Waals surface area (Å²) in [5.41, 5.74) is -0.391. The molecule has 0 radical (unpaired) electrons. The fraction of sp³-hybridized carbons (Fsp3) is 1.00. The highest BCUT2D eigenvalue weighted by atomic mass is 32.2. The van der Waals surface area contributed by atoms with E-state index in [4.69, 9.17) is 2.74 Å². The summed E-state index contributed by atoms with van der Waals surface area (Å²) < 4.78 is 40.9. The van der Waals surface area contributed by atoms with Crippen LogP contribution in [0.2, 0.25) is 0 Å². The van der Waals surface area contributed by atoms with Gasteiger partial charge in [0.1, 0.15) is 0 Å². The van der Waals surface area contributed by atoms with Crippen LogP contribution >= 0.6 is 0 Å². The summed E-state index contributed by atoms with van der Waals surface area (Å²) in [6.45, 7) is 1.43. The molecule has 66 valence electrons. The first-order valence-electron chi connectivity index (χ1n) is 4.51. The van der Waals surface area contributed by atoms with Crippen LogP contribution in [0.1, 0.15) is 28.9 Å². The average Bonchev–Trinajstić information content (AvgIpc) is 2.64. The minimum Gasteiger partial charge on any atom is -0.270 e. The minimum absolute atomic E-state index is 0.373. The molecule has 3 nitrogen and oxygen atoms in total. The molecule has 0 aromatic heterocycles. The Hall–Kier alpha value is -0.0900. The van der Waals surface area contributed by atoms with Crippen LogP contribution in [-0.4, -0.2) is 21.3 Å². The Kier molecular flexibility index (Phi) is 1.61. The first-order chi connectivity index (χ1) is 5.66. The van der Waals surface area contributed by atoms with Crippen molar-refractivity contribution in [2.75, 3.05) is 12.9 Å². The van der Waals surface area contributed by atoms with Crippen molar-refractivity contribution in [2.24, 2.45) is 5.41 Å². The van der Waals surface area contributed by atoms with Gasteiger partial charge in [-0.05, 0) is 24.6 Å². The van der Waals surface area contributed by atoms with Crippen LogP contribution in [0.3, 0.4) is 0 Å². The number of hydrogen-bond acceptors (Lipinski definition) is 3. The third-order valence-corrected chi connectivity index (χ3v) is 2.32. The molecule has 1 saturated carbocycles. The Morgan fingerprint density at radius 1 is 1.64 bits per heavy atom. The van der Waals surface area contributed by atoms with Crippen LogP contribution in [0.25, 0.3) is 0 Å². The summed E-state index contributed by atoms with van der Waals surface area (Å²) >= 11 is 0. The lowest BCUT2D eigenvalue weighted by Crippen LogP contribution is -2.07. The van der Waals surface area contributed by atoms with Gasteiger partial charge in [-0.15, -0.1) is 0 Å². The lowest BCUT2D eigenvalue weighted by molar-refractivity contribution is 0.283. The number of hydrogen-bond donors (Lipinski definition) is 0. The van der Waals surface area contributed by atoms with E-state index in [0.717, 1.165) is 19.1 Å². The molecule has 1 fully saturated rings. The molecule has 0 atom stereocenters. The Labute approximate surface area is 70.7 Å². The molecule has 0 N–H and O–H groups in total. The van der Waals surface area contributed by atoms with Crippen LogP contribution in [0, 0.1) is 5.41 Å². The molecule has 1 rings (SSSR count). The van der Waals surface area contributed by atoms with E-state index in [1.807, 2.05) is 0 Å². The van der Waals surface area contributed by atoms with Gasteiger partial charge in [0.15, 0.2) is 0 Å². The van der Waals surface area contributed by atoms with E-state index >= 15 is 0 Å². The topological polar surface area (TPSA) is 43.4 Å². The Morgan fingerprint density at radius 3 is 2.55 bits per heavy atom. The van der Waals surface area contributed by atoms with Crippen LogP contribution in [0.15, 0.2) is 0 Å². The lowest BCUT2D eigenvalue weighted by Gasteiger charge is -2.06. The molecular weight excluding hydrogens is 164 g/mol. The van der Waals surface area contributed by atoms with Crippen LogP contribution in [-0.2, 0) is 14.3 Å². The monoisotopic (exact) mass is 180 g/mol. The normalized spacial score (nSPS) is 25.6. The molecule has 0 spiro atoms. The summed E-state index contributed by atoms with van der Waals surface area (Å²) in [6.07, 6.45) is 0.981. The molecule has 1 aliphatic rings. The maximum atomic E-state index is 10.6. The van der Waals surface area contributed by atoms with Crippen molar-refractivity contribution in [2.45, 2.75) is 26.1 Å². The predicted octanol–water partition coefficient (Wildman–Crippen LogP) is 1.15. The van der Waals surface area contributed by atoms with Crippen LogP contribution in [0.4, 0.5) is 0 Å². The second-order valence-corrected chi connectivity index (χ2v) is 4.85. The summed E-state index contributed by atoms with van der Waals surface area (Å²) in [5, 5.41) is 0. The SMILES string of the molecule is [2H]C([2H])(COS(C)(=O)=O)C1(C)CC1. The second kappa shape index (κ2) is 2.75. The maximum absolute atomic E-state index is 10.6. The average molecular weight is 180 g/mol. The van der Waals surface area contributed by atoms with E-state index in [0.29, 0.717) is 0 Å². The highest BCUT2D eigenvalue weighted by Gasteiger charge is 2.36. The van der Waals surface area contributed by atoms with Gasteiger partial charge < -0.3 is 0 Å². The summed E-state index contributed by atoms with van der Waals surface area (Å²) in [7, 11) is -3.53. The molecule has 4 heteroatoms. The first kappa shape index (κ1) is 6.43. The Morgan fingerprint density at radius 2 is 2.18 bits per heavy atom. The van der Waals surface area contributed by atoms with Gasteiger partial charge in [0.25, 0.3) is 10.1 Å². The predicted molar refractivity (Wildman–Crippen MR) is 42.8 cm³/mol. The van der Waals surface area contributed by atoms with E-state index in [1.54, 1.807) is 6.92 Å². The molecule has 0 unspecified atom stereocenters. The van der Waals surface area contributed by atoms with Crippen molar-refractivity contribution in [1.29, 1.82) is 0 Å². The number of rotatable bonds is 4. The van der Waals surface area contributed by atoms with E-state index in [-0.39, 0.29) is 6.61 Å². The van der Waals surface area contributed by atoms with E-state index in [2.05, 4.69) is 4.18 Å². The van der Waals surface area contributed by atoms with Gasteiger partial charge in [-0.25, -0.2) is 0 Å². The highest BCUT2D eigenvalue weighted by Crippen LogP contribution is 2.47. The van der Waals surface area contributed by atoms with Crippen molar-refractivity contribution in [1.82, 2.24) is 0 Å². The Balaban J connectivity index is 2.53. The Bertz CT molecular complexity index is 293. The van der Waals surface area contributed by atoms with E-state index < -0.39 is 21.9 Å². The van der Waals surface area contributed by atoms with Gasteiger partial charge in [-0.1, -0.05) is 6.92 Å². The van der Waals surface area contributed by atoms with Crippen LogP contribution in [0.5, 0.6) is 0 Å². The largest absolute Gasteiger partial charge is 0.270 e. The smallest absolute Gasteiger partial charge is 0.264 e. The zero-order valence-corrected chi connectivity index (χ0v) is 7.57. The van der Waals surface area contributed by atoms with Gasteiger partial charge in [0.05, 0.1) is 12.9 Å². The van der Waals surface area contributed by atoms with Gasteiger partial charge >= 0.3 is 0 Å². The molecule has 0 heterocycles. The van der Waals surface area contributed by atoms with Crippen molar-refractivity contribution in [3.8, 4) is 0 Å². The molecule has 0 saturated heterocycles. The second-order valence-electron chi connectivity index (χ2n) is 3.20.